The van der Waals surface area contributed by atoms with Crippen LogP contribution in [-0.4, -0.2) is 52.1 Å². The lowest BCUT2D eigenvalue weighted by atomic mass is 9.94. The Balaban J connectivity index is 1.47. The van der Waals surface area contributed by atoms with Crippen LogP contribution in [0, 0.1) is 0 Å². The van der Waals surface area contributed by atoms with E-state index in [-0.39, 0.29) is 19.1 Å². The highest BCUT2D eigenvalue weighted by molar-refractivity contribution is 6.06. The molecule has 0 saturated heterocycles. The summed E-state index contributed by atoms with van der Waals surface area (Å²) in [4.78, 5) is 30.6. The topological polar surface area (TPSA) is 137 Å². The second kappa shape index (κ2) is 13.9. The Hall–Kier alpha value is -5.16. The number of hydrogen-bond donors (Lipinski definition) is 3. The smallest absolute Gasteiger partial charge is 0.338 e. The van der Waals surface area contributed by atoms with Gasteiger partial charge in [-0.2, -0.15) is 10.1 Å². The number of nitrogens with zero attached hydrogens (tertiary/aromatic N) is 3. The number of nitrogens with one attached hydrogen (secondary N) is 2. The number of benzene rings is 3. The Labute approximate surface area is 255 Å². The van der Waals surface area contributed by atoms with Crippen LogP contribution in [0.5, 0.6) is 11.5 Å². The lowest BCUT2D eigenvalue weighted by Gasteiger charge is -2.29. The number of hydrogen-bond acceptors (Lipinski definition) is 9. The highest BCUT2D eigenvalue weighted by atomic mass is 16.5. The highest BCUT2D eigenvalue weighted by Gasteiger charge is 2.35. The van der Waals surface area contributed by atoms with Gasteiger partial charge < -0.3 is 30.0 Å². The molecule has 0 aliphatic carbocycles. The number of rotatable bonds is 12. The van der Waals surface area contributed by atoms with Crippen LogP contribution >= 0.6 is 0 Å². The number of fused-ring (bicyclic) bond motifs is 1. The Morgan fingerprint density at radius 1 is 1.05 bits per heavy atom. The second-order valence-corrected chi connectivity index (χ2v) is 10.1. The molecule has 228 valence electrons. The van der Waals surface area contributed by atoms with Gasteiger partial charge >= 0.3 is 5.97 Å². The van der Waals surface area contributed by atoms with Crippen molar-refractivity contribution >= 4 is 23.5 Å². The summed E-state index contributed by atoms with van der Waals surface area (Å²) in [5.41, 5.74) is 3.68. The lowest BCUT2D eigenvalue weighted by Crippen LogP contribution is -2.31. The van der Waals surface area contributed by atoms with E-state index in [9.17, 15) is 14.7 Å². The summed E-state index contributed by atoms with van der Waals surface area (Å²) in [6, 6.07) is 21.2. The van der Waals surface area contributed by atoms with Gasteiger partial charge in [0.05, 0.1) is 24.9 Å². The first-order valence-corrected chi connectivity index (χ1v) is 14.4. The fourth-order valence-corrected chi connectivity index (χ4v) is 4.95. The van der Waals surface area contributed by atoms with Gasteiger partial charge in [-0.15, -0.1) is 0 Å². The first-order chi connectivity index (χ1) is 21.4. The standard InChI is InChI=1S/C33H35N5O6/c1-4-43-32(41)23-12-15-25(16-13-23)35-31(40)29-21(2)34-33-36-28(11-8-18-39)37-38(33)30(29)24-14-17-26(27(19-24)42-3)44-20-22-9-6-5-7-10-22/h5-7,9-10,12-17,19,30,39H,4,8,11,18,20H2,1-3H3,(H,35,40)(H,34,36,37). The third kappa shape index (κ3) is 6.73. The van der Waals surface area contributed by atoms with Crippen LogP contribution in [0.2, 0.25) is 0 Å². The Morgan fingerprint density at radius 2 is 1.82 bits per heavy atom. The van der Waals surface area contributed by atoms with E-state index in [1.807, 2.05) is 55.5 Å². The number of carbonyl (C=O) groups is 2. The van der Waals surface area contributed by atoms with E-state index < -0.39 is 12.0 Å². The predicted octanol–water partition coefficient (Wildman–Crippen LogP) is 4.89. The number of aliphatic hydroxyl groups is 1. The molecule has 1 aromatic heterocycles. The van der Waals surface area contributed by atoms with Crippen LogP contribution in [0.15, 0.2) is 84.1 Å². The van der Waals surface area contributed by atoms with Gasteiger partial charge in [-0.25, -0.2) is 9.48 Å². The summed E-state index contributed by atoms with van der Waals surface area (Å²) < 4.78 is 18.5. The molecule has 44 heavy (non-hydrogen) atoms. The molecule has 0 fully saturated rings. The molecule has 0 bridgehead atoms. The van der Waals surface area contributed by atoms with Gasteiger partial charge in [0, 0.05) is 24.4 Å². The first-order valence-electron chi connectivity index (χ1n) is 14.4. The van der Waals surface area contributed by atoms with Crippen LogP contribution in [0.3, 0.4) is 0 Å². The van der Waals surface area contributed by atoms with Crippen LogP contribution in [-0.2, 0) is 22.6 Å². The minimum absolute atomic E-state index is 0.0161. The number of ether oxygens (including phenoxy) is 3. The quantitative estimate of drug-likeness (QED) is 0.195. The van der Waals surface area contributed by atoms with Crippen molar-refractivity contribution in [1.82, 2.24) is 14.8 Å². The van der Waals surface area contributed by atoms with Gasteiger partial charge in [0.25, 0.3) is 5.91 Å². The van der Waals surface area contributed by atoms with Gasteiger partial charge in [-0.3, -0.25) is 4.79 Å². The van der Waals surface area contributed by atoms with Gasteiger partial charge in [-0.05, 0) is 67.8 Å². The fourth-order valence-electron chi connectivity index (χ4n) is 4.95. The maximum absolute atomic E-state index is 13.9. The average Bonchev–Trinajstić information content (AvgIpc) is 3.45. The molecule has 2 heterocycles. The number of methoxy groups -OCH3 is 1. The summed E-state index contributed by atoms with van der Waals surface area (Å²) in [6.45, 7) is 4.21. The van der Waals surface area contributed by atoms with Crippen LogP contribution < -0.4 is 20.1 Å². The minimum Gasteiger partial charge on any atom is -0.493 e. The van der Waals surface area contributed by atoms with Crippen LogP contribution in [0.1, 0.15) is 53.6 Å². The Bertz CT molecular complexity index is 1650. The zero-order valence-electron chi connectivity index (χ0n) is 24.9. The van der Waals surface area contributed by atoms with Gasteiger partial charge in [0.15, 0.2) is 17.3 Å². The molecule has 1 unspecified atom stereocenters. The molecule has 11 heteroatoms. The summed E-state index contributed by atoms with van der Waals surface area (Å²) in [7, 11) is 1.57. The SMILES string of the molecule is CCOC(=O)c1ccc(NC(=O)C2=C(C)Nc3nc(CCCO)nn3C2c2ccc(OCc3ccccc3)c(OC)c2)cc1. The molecule has 0 saturated carbocycles. The molecular weight excluding hydrogens is 562 g/mol. The number of esters is 1. The molecule has 5 rings (SSSR count). The van der Waals surface area contributed by atoms with E-state index in [1.54, 1.807) is 43.0 Å². The Kier molecular flexibility index (Phi) is 9.56. The van der Waals surface area contributed by atoms with E-state index >= 15 is 0 Å². The van der Waals surface area contributed by atoms with Crippen molar-refractivity contribution in [3.63, 3.8) is 0 Å². The maximum atomic E-state index is 13.9. The van der Waals surface area contributed by atoms with Crippen molar-refractivity contribution in [1.29, 1.82) is 0 Å². The molecule has 4 aromatic rings. The van der Waals surface area contributed by atoms with Crippen molar-refractivity contribution in [2.24, 2.45) is 0 Å². The molecule has 3 N–H and O–H groups in total. The predicted molar refractivity (Wildman–Crippen MR) is 165 cm³/mol. The van der Waals surface area contributed by atoms with E-state index in [1.165, 1.54) is 0 Å². The molecule has 3 aromatic carbocycles. The lowest BCUT2D eigenvalue weighted by molar-refractivity contribution is -0.113. The maximum Gasteiger partial charge on any atom is 0.338 e. The molecule has 1 atom stereocenters. The monoisotopic (exact) mass is 597 g/mol. The number of allylic oxidation sites excluding steroid dienone is 1. The van der Waals surface area contributed by atoms with Crippen molar-refractivity contribution in [3.05, 3.63) is 107 Å². The van der Waals surface area contributed by atoms with Crippen molar-refractivity contribution in [2.75, 3.05) is 31.0 Å². The van der Waals surface area contributed by atoms with E-state index in [0.29, 0.717) is 65.2 Å². The zero-order valence-corrected chi connectivity index (χ0v) is 24.9. The molecule has 1 amide bonds. The molecule has 1 aliphatic rings. The zero-order chi connectivity index (χ0) is 31.1. The van der Waals surface area contributed by atoms with Crippen molar-refractivity contribution in [2.45, 2.75) is 39.3 Å². The summed E-state index contributed by atoms with van der Waals surface area (Å²) in [5, 5.41) is 20.2. The fraction of sp³-hybridized carbons (Fsp3) is 0.273. The first kappa shape index (κ1) is 30.3. The minimum atomic E-state index is -0.655. The number of aryl methyl sites for hydroxylation is 1. The van der Waals surface area contributed by atoms with Crippen LogP contribution in [0.4, 0.5) is 11.6 Å². The normalized spacial score (nSPS) is 14.0. The Morgan fingerprint density at radius 3 is 2.52 bits per heavy atom. The van der Waals surface area contributed by atoms with Gasteiger partial charge in [0.1, 0.15) is 12.6 Å². The molecule has 0 radical (unpaired) electrons. The third-order valence-electron chi connectivity index (χ3n) is 7.09. The summed E-state index contributed by atoms with van der Waals surface area (Å²) in [5.74, 6) is 1.31. The number of carbonyl (C=O) groups excluding carboxylic acids is 2. The summed E-state index contributed by atoms with van der Waals surface area (Å²) >= 11 is 0. The van der Waals surface area contributed by atoms with E-state index in [2.05, 4.69) is 15.6 Å². The highest BCUT2D eigenvalue weighted by Crippen LogP contribution is 2.39. The van der Waals surface area contributed by atoms with E-state index in [4.69, 9.17) is 19.3 Å². The van der Waals surface area contributed by atoms with Gasteiger partial charge in [0.2, 0.25) is 5.95 Å². The molecule has 0 spiro atoms. The molecular formula is C33H35N5O6. The number of anilines is 2. The second-order valence-electron chi connectivity index (χ2n) is 10.1. The number of amides is 1. The van der Waals surface area contributed by atoms with E-state index in [0.717, 1.165) is 11.1 Å². The third-order valence-corrected chi connectivity index (χ3v) is 7.09. The summed E-state index contributed by atoms with van der Waals surface area (Å²) in [6.07, 6.45) is 0.991. The van der Waals surface area contributed by atoms with Crippen molar-refractivity contribution < 1.29 is 28.9 Å². The van der Waals surface area contributed by atoms with Gasteiger partial charge in [-0.1, -0.05) is 36.4 Å². The molecule has 11 nitrogen and oxygen atoms in total. The average molecular weight is 598 g/mol. The molecule has 1 aliphatic heterocycles. The number of aliphatic hydroxyl groups excluding tert-OH is 1. The van der Waals surface area contributed by atoms with Crippen LogP contribution in [0.25, 0.3) is 0 Å². The largest absolute Gasteiger partial charge is 0.493 e. The van der Waals surface area contributed by atoms with Crippen molar-refractivity contribution in [3.8, 4) is 11.5 Å². The number of aromatic nitrogens is 3.